The van der Waals surface area contributed by atoms with Gasteiger partial charge in [0.05, 0.1) is 0 Å². The van der Waals surface area contributed by atoms with Crippen molar-refractivity contribution in [3.63, 3.8) is 0 Å². The summed E-state index contributed by atoms with van der Waals surface area (Å²) >= 11 is 0. The van der Waals surface area contributed by atoms with Crippen molar-refractivity contribution in [1.82, 2.24) is 0 Å². The second-order valence-electron chi connectivity index (χ2n) is 9.30. The fraction of sp³-hybridized carbons (Fsp3) is 0.300. The van der Waals surface area contributed by atoms with E-state index in [0.29, 0.717) is 29.5 Å². The van der Waals surface area contributed by atoms with Gasteiger partial charge < -0.3 is 20.1 Å². The minimum Gasteiger partial charge on any atom is -0.457 e. The number of aryl methyl sites for hydroxylation is 2. The van der Waals surface area contributed by atoms with Gasteiger partial charge in [-0.3, -0.25) is 14.4 Å². The third-order valence-electron chi connectivity index (χ3n) is 5.64. The summed E-state index contributed by atoms with van der Waals surface area (Å²) in [7, 11) is 0. The Bertz CT molecular complexity index is 1220. The van der Waals surface area contributed by atoms with E-state index in [0.717, 1.165) is 22.4 Å². The topological polar surface area (TPSA) is 93.7 Å². The molecular formula is C30H34N2O5. The van der Waals surface area contributed by atoms with Crippen molar-refractivity contribution in [2.75, 3.05) is 17.2 Å². The fourth-order valence-electron chi connectivity index (χ4n) is 3.61. The van der Waals surface area contributed by atoms with Gasteiger partial charge in [0.25, 0.3) is 5.91 Å². The predicted molar refractivity (Wildman–Crippen MR) is 145 cm³/mol. The van der Waals surface area contributed by atoms with Crippen LogP contribution in [0.3, 0.4) is 0 Å². The Morgan fingerprint density at radius 1 is 0.757 bits per heavy atom. The maximum Gasteiger partial charge on any atom is 0.306 e. The van der Waals surface area contributed by atoms with Crippen molar-refractivity contribution >= 4 is 29.2 Å². The molecule has 3 rings (SSSR count). The molecule has 0 spiro atoms. The zero-order valence-corrected chi connectivity index (χ0v) is 21.8. The molecule has 0 aliphatic rings. The molecule has 0 unspecified atom stereocenters. The minimum atomic E-state index is -0.523. The van der Waals surface area contributed by atoms with Crippen LogP contribution in [0.1, 0.15) is 55.7 Å². The van der Waals surface area contributed by atoms with Crippen molar-refractivity contribution in [2.24, 2.45) is 0 Å². The van der Waals surface area contributed by atoms with Crippen molar-refractivity contribution in [2.45, 2.75) is 52.9 Å². The molecule has 0 aliphatic heterocycles. The van der Waals surface area contributed by atoms with E-state index >= 15 is 0 Å². The molecule has 0 bridgehead atoms. The van der Waals surface area contributed by atoms with Crippen LogP contribution in [0.25, 0.3) is 0 Å². The SMILES string of the molecule is Cc1ccc(NC(=O)COC(=O)CCCC(=O)Nc2ccc(Oc3cc(C)ccc3C(C)C)cc2)cc1. The molecule has 7 nitrogen and oxygen atoms in total. The first-order valence-corrected chi connectivity index (χ1v) is 12.4. The highest BCUT2D eigenvalue weighted by atomic mass is 16.5. The van der Waals surface area contributed by atoms with Gasteiger partial charge in [-0.15, -0.1) is 0 Å². The molecule has 0 heterocycles. The highest BCUT2D eigenvalue weighted by Crippen LogP contribution is 2.32. The number of nitrogens with one attached hydrogen (secondary N) is 2. The third-order valence-corrected chi connectivity index (χ3v) is 5.64. The normalized spacial score (nSPS) is 10.6. The highest BCUT2D eigenvalue weighted by Gasteiger charge is 2.11. The van der Waals surface area contributed by atoms with Gasteiger partial charge in [0, 0.05) is 24.2 Å². The molecule has 0 radical (unpaired) electrons. The Labute approximate surface area is 218 Å². The summed E-state index contributed by atoms with van der Waals surface area (Å²) in [5, 5.41) is 5.48. The van der Waals surface area contributed by atoms with E-state index in [1.165, 1.54) is 0 Å². The summed E-state index contributed by atoms with van der Waals surface area (Å²) in [6.45, 7) is 7.86. The summed E-state index contributed by atoms with van der Waals surface area (Å²) in [4.78, 5) is 36.1. The van der Waals surface area contributed by atoms with Crippen LogP contribution in [0, 0.1) is 13.8 Å². The lowest BCUT2D eigenvalue weighted by Crippen LogP contribution is -2.21. The number of ether oxygens (including phenoxy) is 2. The van der Waals surface area contributed by atoms with Crippen molar-refractivity contribution < 1.29 is 23.9 Å². The molecule has 2 amide bonds. The zero-order valence-electron chi connectivity index (χ0n) is 21.8. The molecule has 194 valence electrons. The first kappa shape index (κ1) is 27.5. The number of carbonyl (C=O) groups is 3. The van der Waals surface area contributed by atoms with Gasteiger partial charge in [0.2, 0.25) is 5.91 Å². The number of amides is 2. The largest absolute Gasteiger partial charge is 0.457 e. The molecule has 0 fully saturated rings. The lowest BCUT2D eigenvalue weighted by molar-refractivity contribution is -0.147. The van der Waals surface area contributed by atoms with Crippen LogP contribution < -0.4 is 15.4 Å². The Morgan fingerprint density at radius 2 is 1.35 bits per heavy atom. The molecule has 7 heteroatoms. The van der Waals surface area contributed by atoms with Crippen molar-refractivity contribution in [3.8, 4) is 11.5 Å². The van der Waals surface area contributed by atoms with Crippen LogP contribution >= 0.6 is 0 Å². The van der Waals surface area contributed by atoms with Gasteiger partial charge in [-0.25, -0.2) is 0 Å². The molecule has 3 aromatic carbocycles. The van der Waals surface area contributed by atoms with Gasteiger partial charge in [-0.1, -0.05) is 43.7 Å². The van der Waals surface area contributed by atoms with E-state index in [9.17, 15) is 14.4 Å². The van der Waals surface area contributed by atoms with Gasteiger partial charge in [-0.05, 0) is 79.8 Å². The fourth-order valence-corrected chi connectivity index (χ4v) is 3.61. The number of rotatable bonds is 11. The molecule has 0 atom stereocenters. The molecule has 2 N–H and O–H groups in total. The number of hydrogen-bond donors (Lipinski definition) is 2. The Kier molecular flexibility index (Phi) is 9.84. The quantitative estimate of drug-likeness (QED) is 0.292. The summed E-state index contributed by atoms with van der Waals surface area (Å²) in [6, 6.07) is 20.7. The van der Waals surface area contributed by atoms with E-state index in [1.807, 2.05) is 32.0 Å². The number of anilines is 2. The van der Waals surface area contributed by atoms with Crippen molar-refractivity contribution in [1.29, 1.82) is 0 Å². The van der Waals surface area contributed by atoms with Crippen LogP contribution in [0.2, 0.25) is 0 Å². The molecule has 0 aliphatic carbocycles. The van der Waals surface area contributed by atoms with Gasteiger partial charge >= 0.3 is 5.97 Å². The number of hydrogen-bond acceptors (Lipinski definition) is 5. The molecular weight excluding hydrogens is 468 g/mol. The van der Waals surface area contributed by atoms with E-state index < -0.39 is 11.9 Å². The molecule has 3 aromatic rings. The van der Waals surface area contributed by atoms with Gasteiger partial charge in [0.1, 0.15) is 11.5 Å². The predicted octanol–water partition coefficient (Wildman–Crippen LogP) is 6.51. The van der Waals surface area contributed by atoms with Crippen LogP contribution in [0.15, 0.2) is 66.7 Å². The summed E-state index contributed by atoms with van der Waals surface area (Å²) in [5.74, 6) is 0.697. The molecule has 0 aromatic heterocycles. The van der Waals surface area contributed by atoms with E-state index in [4.69, 9.17) is 9.47 Å². The van der Waals surface area contributed by atoms with E-state index in [1.54, 1.807) is 36.4 Å². The maximum atomic E-state index is 12.3. The molecule has 37 heavy (non-hydrogen) atoms. The third kappa shape index (κ3) is 9.11. The zero-order chi connectivity index (χ0) is 26.8. The highest BCUT2D eigenvalue weighted by molar-refractivity contribution is 5.93. The number of carbonyl (C=O) groups excluding carboxylic acids is 3. The first-order valence-electron chi connectivity index (χ1n) is 12.4. The Hall–Kier alpha value is -4.13. The van der Waals surface area contributed by atoms with Crippen molar-refractivity contribution in [3.05, 3.63) is 83.4 Å². The Morgan fingerprint density at radius 3 is 2.00 bits per heavy atom. The maximum absolute atomic E-state index is 12.3. The number of esters is 1. The lowest BCUT2D eigenvalue weighted by Gasteiger charge is -2.15. The second kappa shape index (κ2) is 13.3. The lowest BCUT2D eigenvalue weighted by atomic mass is 10.0. The second-order valence-corrected chi connectivity index (χ2v) is 9.30. The Balaban J connectivity index is 1.37. The van der Waals surface area contributed by atoms with E-state index in [2.05, 4.69) is 36.6 Å². The van der Waals surface area contributed by atoms with Crippen LogP contribution in [0.4, 0.5) is 11.4 Å². The number of benzene rings is 3. The average Bonchev–Trinajstić information content (AvgIpc) is 2.85. The summed E-state index contributed by atoms with van der Waals surface area (Å²) < 4.78 is 11.1. The minimum absolute atomic E-state index is 0.0483. The first-order chi connectivity index (χ1) is 17.7. The monoisotopic (exact) mass is 502 g/mol. The smallest absolute Gasteiger partial charge is 0.306 e. The van der Waals surface area contributed by atoms with Crippen LogP contribution in [-0.4, -0.2) is 24.4 Å². The molecule has 0 saturated carbocycles. The standard InChI is InChI=1S/C30H34N2O5/c1-20(2)26-17-10-22(4)18-27(26)37-25-15-13-24(14-16-25)31-28(33)6-5-7-30(35)36-19-29(34)32-23-11-8-21(3)9-12-23/h8-18,20H,5-7,19H2,1-4H3,(H,31,33)(H,32,34). The summed E-state index contributed by atoms with van der Waals surface area (Å²) in [6.07, 6.45) is 0.521. The van der Waals surface area contributed by atoms with Crippen LogP contribution in [-0.2, 0) is 19.1 Å². The average molecular weight is 503 g/mol. The summed E-state index contributed by atoms with van der Waals surface area (Å²) in [5.41, 5.74) is 4.61. The van der Waals surface area contributed by atoms with Crippen LogP contribution in [0.5, 0.6) is 11.5 Å². The molecule has 0 saturated heterocycles. The van der Waals surface area contributed by atoms with Gasteiger partial charge in [-0.2, -0.15) is 0 Å². The van der Waals surface area contributed by atoms with Gasteiger partial charge in [0.15, 0.2) is 6.61 Å². The van der Waals surface area contributed by atoms with E-state index in [-0.39, 0.29) is 25.4 Å².